The van der Waals surface area contributed by atoms with E-state index in [9.17, 15) is 9.59 Å². The number of rotatable bonds is 7. The zero-order valence-corrected chi connectivity index (χ0v) is 12.0. The van der Waals surface area contributed by atoms with Crippen LogP contribution in [0.25, 0.3) is 0 Å². The Morgan fingerprint density at radius 2 is 2.00 bits per heavy atom. The Balaban J connectivity index is 4.11. The lowest BCUT2D eigenvalue weighted by Gasteiger charge is -2.21. The topological polar surface area (TPSA) is 84.9 Å². The molecule has 0 fully saturated rings. The van der Waals surface area contributed by atoms with E-state index < -0.39 is 23.7 Å². The zero-order valence-electron chi connectivity index (χ0n) is 11.2. The van der Waals surface area contributed by atoms with Gasteiger partial charge in [0.2, 0.25) is 0 Å². The number of amides is 1. The number of hydrogen-bond acceptors (Lipinski definition) is 5. The summed E-state index contributed by atoms with van der Waals surface area (Å²) in [6.07, 6.45) is -0.720. The van der Waals surface area contributed by atoms with Gasteiger partial charge in [0.15, 0.2) is 0 Å². The van der Waals surface area contributed by atoms with Gasteiger partial charge in [-0.05, 0) is 20.8 Å². The van der Waals surface area contributed by atoms with E-state index in [1.807, 2.05) is 0 Å². The summed E-state index contributed by atoms with van der Waals surface area (Å²) in [5.41, 5.74) is -0.643. The second-order valence-corrected chi connectivity index (χ2v) is 5.75. The Labute approximate surface area is 111 Å². The maximum Gasteiger partial charge on any atom is 0.408 e. The number of hydrogen-bond donors (Lipinski definition) is 2. The van der Waals surface area contributed by atoms with Gasteiger partial charge in [0.1, 0.15) is 11.6 Å². The van der Waals surface area contributed by atoms with Crippen LogP contribution < -0.4 is 5.32 Å². The van der Waals surface area contributed by atoms with E-state index in [0.717, 1.165) is 0 Å². The molecule has 0 radical (unpaired) electrons. The second-order valence-electron chi connectivity index (χ2n) is 4.60. The molecule has 2 N–H and O–H groups in total. The number of carboxylic acid groups (broad SMARTS) is 1. The average Bonchev–Trinajstić information content (AvgIpc) is 2.19. The summed E-state index contributed by atoms with van der Waals surface area (Å²) < 4.78 is 9.85. The molecular formula is C11H21NO5S. The fourth-order valence-corrected chi connectivity index (χ4v) is 1.88. The maximum absolute atomic E-state index is 11.4. The van der Waals surface area contributed by atoms with E-state index in [1.165, 1.54) is 11.8 Å². The molecule has 7 heteroatoms. The van der Waals surface area contributed by atoms with E-state index in [0.29, 0.717) is 12.4 Å². The molecule has 0 saturated carbocycles. The van der Waals surface area contributed by atoms with E-state index in [-0.39, 0.29) is 5.75 Å². The highest BCUT2D eigenvalue weighted by atomic mass is 32.2. The first kappa shape index (κ1) is 17.1. The number of methoxy groups -OCH3 is 1. The molecule has 0 aliphatic heterocycles. The van der Waals surface area contributed by atoms with Crippen molar-refractivity contribution in [2.24, 2.45) is 0 Å². The second kappa shape index (κ2) is 8.20. The number of nitrogens with one attached hydrogen (secondary N) is 1. The molecule has 18 heavy (non-hydrogen) atoms. The van der Waals surface area contributed by atoms with Gasteiger partial charge in [-0.2, -0.15) is 11.8 Å². The van der Waals surface area contributed by atoms with Crippen molar-refractivity contribution < 1.29 is 24.2 Å². The normalized spacial score (nSPS) is 12.9. The number of ether oxygens (including phenoxy) is 2. The van der Waals surface area contributed by atoms with Crippen molar-refractivity contribution in [2.45, 2.75) is 32.4 Å². The molecule has 0 bridgehead atoms. The van der Waals surface area contributed by atoms with Crippen molar-refractivity contribution in [3.05, 3.63) is 0 Å². The van der Waals surface area contributed by atoms with Gasteiger partial charge in [0.05, 0.1) is 6.61 Å². The third-order valence-electron chi connectivity index (χ3n) is 1.71. The van der Waals surface area contributed by atoms with Gasteiger partial charge in [-0.1, -0.05) is 0 Å². The third kappa shape index (κ3) is 9.12. The van der Waals surface area contributed by atoms with Gasteiger partial charge in [-0.15, -0.1) is 0 Å². The van der Waals surface area contributed by atoms with Crippen molar-refractivity contribution in [2.75, 3.05) is 25.2 Å². The van der Waals surface area contributed by atoms with Gasteiger partial charge < -0.3 is 19.9 Å². The van der Waals surface area contributed by atoms with Crippen LogP contribution in [0.3, 0.4) is 0 Å². The highest BCUT2D eigenvalue weighted by molar-refractivity contribution is 7.99. The fraction of sp³-hybridized carbons (Fsp3) is 0.818. The lowest BCUT2D eigenvalue weighted by Crippen LogP contribution is -2.45. The van der Waals surface area contributed by atoms with Crippen LogP contribution in [-0.4, -0.2) is 54.0 Å². The number of aliphatic carboxylic acids is 1. The number of carboxylic acids is 1. The Morgan fingerprint density at radius 3 is 2.44 bits per heavy atom. The summed E-state index contributed by atoms with van der Waals surface area (Å²) in [5, 5.41) is 11.3. The van der Waals surface area contributed by atoms with Crippen LogP contribution in [0.5, 0.6) is 0 Å². The van der Waals surface area contributed by atoms with Crippen molar-refractivity contribution in [3.8, 4) is 0 Å². The van der Waals surface area contributed by atoms with Crippen LogP contribution in [0.2, 0.25) is 0 Å². The van der Waals surface area contributed by atoms with E-state index in [4.69, 9.17) is 14.6 Å². The molecule has 0 aliphatic rings. The predicted octanol–water partition coefficient (Wildman–Crippen LogP) is 1.34. The molecule has 0 aliphatic carbocycles. The highest BCUT2D eigenvalue weighted by Gasteiger charge is 2.23. The van der Waals surface area contributed by atoms with Crippen molar-refractivity contribution in [1.82, 2.24) is 5.32 Å². The molecule has 0 saturated heterocycles. The first-order chi connectivity index (χ1) is 8.26. The number of carbonyl (C=O) groups excluding carboxylic acids is 1. The molecule has 0 aromatic heterocycles. The first-order valence-corrected chi connectivity index (χ1v) is 6.70. The van der Waals surface area contributed by atoms with Crippen LogP contribution in [-0.2, 0) is 14.3 Å². The Bertz CT molecular complexity index is 277. The fourth-order valence-electron chi connectivity index (χ4n) is 0.968. The van der Waals surface area contributed by atoms with Crippen LogP contribution in [0, 0.1) is 0 Å². The molecule has 0 aromatic carbocycles. The summed E-state index contributed by atoms with van der Waals surface area (Å²) in [6.45, 7) is 5.70. The average molecular weight is 279 g/mol. The smallest absolute Gasteiger partial charge is 0.408 e. The molecule has 1 atom stereocenters. The number of thioether (sulfide) groups is 1. The van der Waals surface area contributed by atoms with Crippen LogP contribution in [0.1, 0.15) is 20.8 Å². The highest BCUT2D eigenvalue weighted by Crippen LogP contribution is 2.08. The molecule has 1 amide bonds. The van der Waals surface area contributed by atoms with Crippen molar-refractivity contribution in [1.29, 1.82) is 0 Å². The first-order valence-electron chi connectivity index (χ1n) is 5.55. The standard InChI is InChI=1S/C11H21NO5S/c1-11(2,3)17-10(15)12-8(9(13)14)7-18-6-5-16-4/h8H,5-7H2,1-4H3,(H,12,15)(H,13,14). The summed E-state index contributed by atoms with van der Waals surface area (Å²) in [7, 11) is 1.58. The van der Waals surface area contributed by atoms with Crippen LogP contribution in [0.4, 0.5) is 4.79 Å². The molecule has 0 aromatic rings. The summed E-state index contributed by atoms with van der Waals surface area (Å²) >= 11 is 1.40. The van der Waals surface area contributed by atoms with E-state index in [2.05, 4.69) is 5.32 Å². The minimum Gasteiger partial charge on any atom is -0.480 e. The lowest BCUT2D eigenvalue weighted by atomic mass is 10.2. The third-order valence-corrected chi connectivity index (χ3v) is 2.73. The van der Waals surface area contributed by atoms with Crippen LogP contribution >= 0.6 is 11.8 Å². The molecule has 0 rings (SSSR count). The van der Waals surface area contributed by atoms with E-state index in [1.54, 1.807) is 27.9 Å². The largest absolute Gasteiger partial charge is 0.480 e. The Kier molecular flexibility index (Phi) is 7.77. The van der Waals surface area contributed by atoms with Crippen molar-refractivity contribution >= 4 is 23.8 Å². The predicted molar refractivity (Wildman–Crippen MR) is 70.0 cm³/mol. The maximum atomic E-state index is 11.4. The zero-order chi connectivity index (χ0) is 14.2. The minimum absolute atomic E-state index is 0.276. The van der Waals surface area contributed by atoms with Crippen molar-refractivity contribution in [3.63, 3.8) is 0 Å². The Morgan fingerprint density at radius 1 is 1.39 bits per heavy atom. The monoisotopic (exact) mass is 279 g/mol. The lowest BCUT2D eigenvalue weighted by molar-refractivity contribution is -0.138. The molecule has 0 heterocycles. The quantitative estimate of drug-likeness (QED) is 0.684. The molecule has 6 nitrogen and oxygen atoms in total. The van der Waals surface area contributed by atoms with Gasteiger partial charge in [-0.3, -0.25) is 0 Å². The SMILES string of the molecule is COCCSCC(NC(=O)OC(C)(C)C)C(=O)O. The van der Waals surface area contributed by atoms with Gasteiger partial charge in [0.25, 0.3) is 0 Å². The van der Waals surface area contributed by atoms with Gasteiger partial charge >= 0.3 is 12.1 Å². The number of carbonyl (C=O) groups is 2. The molecule has 0 spiro atoms. The molecule has 106 valence electrons. The summed E-state index contributed by atoms with van der Waals surface area (Å²) in [4.78, 5) is 22.4. The van der Waals surface area contributed by atoms with E-state index >= 15 is 0 Å². The summed E-state index contributed by atoms with van der Waals surface area (Å²) in [5.74, 6) is -0.125. The minimum atomic E-state index is -1.08. The van der Waals surface area contributed by atoms with Gasteiger partial charge in [-0.25, -0.2) is 9.59 Å². The van der Waals surface area contributed by atoms with Crippen LogP contribution in [0.15, 0.2) is 0 Å². The number of alkyl carbamates (subject to hydrolysis) is 1. The summed E-state index contributed by atoms with van der Waals surface area (Å²) in [6, 6.07) is -0.957. The molecule has 1 unspecified atom stereocenters. The Hall–Kier alpha value is -0.950. The van der Waals surface area contributed by atoms with Gasteiger partial charge in [0, 0.05) is 18.6 Å². The molecular weight excluding hydrogens is 258 g/mol.